The summed E-state index contributed by atoms with van der Waals surface area (Å²) in [5.74, 6) is -0.00450. The van der Waals surface area contributed by atoms with Gasteiger partial charge in [0.2, 0.25) is 0 Å². The Labute approximate surface area is 125 Å². The number of anilines is 1. The van der Waals surface area contributed by atoms with Gasteiger partial charge in [-0.2, -0.15) is 14.9 Å². The standard InChI is InChI=1S/C15H13N5O2/c1-19-10-9-13(18-19)16-15(22)12-7-8-14(21)20(17-12)11-5-3-2-4-6-11/h2-10H,1H3,(H,16,18,22). The van der Waals surface area contributed by atoms with Crippen LogP contribution in [0.1, 0.15) is 10.5 Å². The zero-order valence-electron chi connectivity index (χ0n) is 11.8. The molecule has 0 saturated carbocycles. The quantitative estimate of drug-likeness (QED) is 0.787. The zero-order valence-corrected chi connectivity index (χ0v) is 11.8. The predicted octanol–water partition coefficient (Wildman–Crippen LogP) is 1.22. The van der Waals surface area contributed by atoms with Gasteiger partial charge in [0.1, 0.15) is 5.69 Å². The van der Waals surface area contributed by atoms with Crippen LogP contribution in [0.2, 0.25) is 0 Å². The SMILES string of the molecule is Cn1ccc(NC(=O)c2ccc(=O)n(-c3ccccc3)n2)n1. The van der Waals surface area contributed by atoms with Crippen LogP contribution in [0.4, 0.5) is 5.82 Å². The molecule has 1 N–H and O–H groups in total. The summed E-state index contributed by atoms with van der Waals surface area (Å²) in [5, 5.41) is 10.8. The molecule has 1 aromatic carbocycles. The van der Waals surface area contributed by atoms with E-state index in [-0.39, 0.29) is 11.3 Å². The average Bonchev–Trinajstić information content (AvgIpc) is 2.93. The van der Waals surface area contributed by atoms with Crippen LogP contribution in [0.3, 0.4) is 0 Å². The van der Waals surface area contributed by atoms with Gasteiger partial charge in [-0.05, 0) is 18.2 Å². The number of aromatic nitrogens is 4. The van der Waals surface area contributed by atoms with Gasteiger partial charge in [-0.3, -0.25) is 14.3 Å². The lowest BCUT2D eigenvalue weighted by Crippen LogP contribution is -2.24. The van der Waals surface area contributed by atoms with Gasteiger partial charge in [0.15, 0.2) is 5.82 Å². The smallest absolute Gasteiger partial charge is 0.277 e. The first-order chi connectivity index (χ1) is 10.6. The van der Waals surface area contributed by atoms with Gasteiger partial charge in [-0.1, -0.05) is 18.2 Å². The third-order valence-electron chi connectivity index (χ3n) is 2.99. The number of nitrogens with zero attached hydrogens (tertiary/aromatic N) is 4. The van der Waals surface area contributed by atoms with Crippen molar-refractivity contribution in [3.63, 3.8) is 0 Å². The van der Waals surface area contributed by atoms with Gasteiger partial charge in [-0.25, -0.2) is 0 Å². The molecule has 2 aromatic heterocycles. The number of benzene rings is 1. The molecule has 0 bridgehead atoms. The second kappa shape index (κ2) is 5.65. The summed E-state index contributed by atoms with van der Waals surface area (Å²) >= 11 is 0. The second-order valence-electron chi connectivity index (χ2n) is 4.63. The molecule has 3 rings (SSSR count). The highest BCUT2D eigenvalue weighted by molar-refractivity contribution is 6.02. The molecule has 0 radical (unpaired) electrons. The number of hydrogen-bond donors (Lipinski definition) is 1. The Morgan fingerprint density at radius 1 is 1.05 bits per heavy atom. The lowest BCUT2D eigenvalue weighted by molar-refractivity contribution is 0.102. The zero-order chi connectivity index (χ0) is 15.5. The van der Waals surface area contributed by atoms with Crippen molar-refractivity contribution in [2.75, 3.05) is 5.32 Å². The van der Waals surface area contributed by atoms with Crippen LogP contribution in [0, 0.1) is 0 Å². The lowest BCUT2D eigenvalue weighted by Gasteiger charge is -2.06. The molecule has 7 nitrogen and oxygen atoms in total. The van der Waals surface area contributed by atoms with Crippen LogP contribution in [0.15, 0.2) is 59.5 Å². The molecule has 0 unspecified atom stereocenters. The number of carbonyl (C=O) groups excluding carboxylic acids is 1. The average molecular weight is 295 g/mol. The summed E-state index contributed by atoms with van der Waals surface area (Å²) in [6, 6.07) is 13.3. The summed E-state index contributed by atoms with van der Waals surface area (Å²) < 4.78 is 2.77. The molecule has 7 heteroatoms. The van der Waals surface area contributed by atoms with Crippen molar-refractivity contribution in [1.29, 1.82) is 0 Å². The number of hydrogen-bond acceptors (Lipinski definition) is 4. The Balaban J connectivity index is 1.92. The van der Waals surface area contributed by atoms with E-state index in [1.54, 1.807) is 48.3 Å². The molecule has 110 valence electrons. The molecule has 0 spiro atoms. The van der Waals surface area contributed by atoms with Crippen LogP contribution >= 0.6 is 0 Å². The monoisotopic (exact) mass is 295 g/mol. The lowest BCUT2D eigenvalue weighted by atomic mass is 10.3. The van der Waals surface area contributed by atoms with Crippen molar-refractivity contribution in [1.82, 2.24) is 19.6 Å². The van der Waals surface area contributed by atoms with Gasteiger partial charge in [0, 0.05) is 25.4 Å². The molecular formula is C15H13N5O2. The first-order valence-corrected chi connectivity index (χ1v) is 6.60. The van der Waals surface area contributed by atoms with E-state index in [0.717, 1.165) is 0 Å². The maximum atomic E-state index is 12.2. The Kier molecular flexibility index (Phi) is 3.53. The van der Waals surface area contributed by atoms with Crippen LogP contribution in [-0.2, 0) is 7.05 Å². The number of aryl methyl sites for hydroxylation is 1. The van der Waals surface area contributed by atoms with Crippen molar-refractivity contribution in [3.8, 4) is 5.69 Å². The number of para-hydroxylation sites is 1. The van der Waals surface area contributed by atoms with E-state index in [9.17, 15) is 9.59 Å². The van der Waals surface area contributed by atoms with Gasteiger partial charge < -0.3 is 5.32 Å². The van der Waals surface area contributed by atoms with E-state index < -0.39 is 5.91 Å². The minimum Gasteiger partial charge on any atom is -0.304 e. The summed E-state index contributed by atoms with van der Waals surface area (Å²) in [5.41, 5.74) is 0.426. The highest BCUT2D eigenvalue weighted by Crippen LogP contribution is 2.06. The second-order valence-corrected chi connectivity index (χ2v) is 4.63. The highest BCUT2D eigenvalue weighted by atomic mass is 16.2. The molecule has 2 heterocycles. The maximum absolute atomic E-state index is 12.2. The van der Waals surface area contributed by atoms with Gasteiger partial charge in [0.25, 0.3) is 11.5 Å². The first-order valence-electron chi connectivity index (χ1n) is 6.60. The molecule has 0 aliphatic carbocycles. The molecule has 1 amide bonds. The van der Waals surface area contributed by atoms with E-state index in [4.69, 9.17) is 0 Å². The highest BCUT2D eigenvalue weighted by Gasteiger charge is 2.11. The maximum Gasteiger partial charge on any atom is 0.277 e. The third-order valence-corrected chi connectivity index (χ3v) is 2.99. The Morgan fingerprint density at radius 3 is 2.50 bits per heavy atom. The van der Waals surface area contributed by atoms with Crippen molar-refractivity contribution in [3.05, 3.63) is 70.8 Å². The fourth-order valence-corrected chi connectivity index (χ4v) is 1.95. The summed E-state index contributed by atoms with van der Waals surface area (Å²) in [6.45, 7) is 0. The molecule has 22 heavy (non-hydrogen) atoms. The van der Waals surface area contributed by atoms with Crippen molar-refractivity contribution >= 4 is 11.7 Å². The molecule has 0 saturated heterocycles. The largest absolute Gasteiger partial charge is 0.304 e. The minimum absolute atomic E-state index is 0.133. The summed E-state index contributed by atoms with van der Waals surface area (Å²) in [4.78, 5) is 24.1. The molecule has 0 aliphatic heterocycles. The van der Waals surface area contributed by atoms with Crippen molar-refractivity contribution in [2.24, 2.45) is 7.05 Å². The Morgan fingerprint density at radius 2 is 1.82 bits per heavy atom. The minimum atomic E-state index is -0.427. The first kappa shape index (κ1) is 13.7. The number of carbonyl (C=O) groups is 1. The molecular weight excluding hydrogens is 282 g/mol. The predicted molar refractivity (Wildman–Crippen MR) is 81.0 cm³/mol. The molecule has 0 fully saturated rings. The van der Waals surface area contributed by atoms with Crippen molar-refractivity contribution < 1.29 is 4.79 Å². The third kappa shape index (κ3) is 2.78. The molecule has 0 atom stereocenters. The summed E-state index contributed by atoms with van der Waals surface area (Å²) in [7, 11) is 1.75. The van der Waals surface area contributed by atoms with E-state index >= 15 is 0 Å². The molecule has 0 aliphatic rings. The Bertz CT molecular complexity index is 867. The van der Waals surface area contributed by atoms with Crippen LogP contribution < -0.4 is 10.9 Å². The fourth-order valence-electron chi connectivity index (χ4n) is 1.95. The fraction of sp³-hybridized carbons (Fsp3) is 0.0667. The normalized spacial score (nSPS) is 10.4. The van der Waals surface area contributed by atoms with Crippen molar-refractivity contribution in [2.45, 2.75) is 0 Å². The van der Waals surface area contributed by atoms with Gasteiger partial charge >= 0.3 is 0 Å². The number of nitrogens with one attached hydrogen (secondary N) is 1. The number of amides is 1. The van der Waals surface area contributed by atoms with E-state index in [1.165, 1.54) is 16.8 Å². The topological polar surface area (TPSA) is 81.8 Å². The van der Waals surface area contributed by atoms with Crippen LogP contribution in [0.5, 0.6) is 0 Å². The summed E-state index contributed by atoms with van der Waals surface area (Å²) in [6.07, 6.45) is 1.72. The van der Waals surface area contributed by atoms with E-state index in [2.05, 4.69) is 15.5 Å². The van der Waals surface area contributed by atoms with Crippen LogP contribution in [0.25, 0.3) is 5.69 Å². The van der Waals surface area contributed by atoms with E-state index in [0.29, 0.717) is 11.5 Å². The van der Waals surface area contributed by atoms with E-state index in [1.807, 2.05) is 6.07 Å². The van der Waals surface area contributed by atoms with Gasteiger partial charge in [-0.15, -0.1) is 0 Å². The Hall–Kier alpha value is -3.22. The van der Waals surface area contributed by atoms with Gasteiger partial charge in [0.05, 0.1) is 5.69 Å². The molecule has 3 aromatic rings. The number of rotatable bonds is 3. The van der Waals surface area contributed by atoms with Crippen LogP contribution in [-0.4, -0.2) is 25.5 Å².